The summed E-state index contributed by atoms with van der Waals surface area (Å²) in [6, 6.07) is 32.5. The number of rotatable bonds is 14. The molecule has 0 fully saturated rings. The number of nitrogens with zero attached hydrogens (tertiary/aromatic N) is 3. The number of aromatic nitrogens is 3. The number of aliphatic hydroxyl groups excluding tert-OH is 1. The molecule has 0 amide bonds. The molecular formula is C33H36N4O5. The number of ether oxygens (including phenoxy) is 3. The summed E-state index contributed by atoms with van der Waals surface area (Å²) >= 11 is 0. The molecule has 5 aromatic rings. The standard InChI is InChI=1S/C33H36N4O5/c1-32(39,29-18-17-28-30(34)35-24-36-37(28)29)31(41-20-26-13-7-3-8-14-26)33(22-38,42-21-27-15-9-4-10-16-27)23-40-19-25-11-5-2-6-12-25/h2-18,24,31,38-39H,19-23H2,1H3,(H2,34,35,36)/t31-,32?,33-/m0/s1. The van der Waals surface area contributed by atoms with Crippen LogP contribution in [0, 0.1) is 0 Å². The van der Waals surface area contributed by atoms with E-state index in [9.17, 15) is 10.2 Å². The average Bonchev–Trinajstić information content (AvgIpc) is 3.48. The van der Waals surface area contributed by atoms with Gasteiger partial charge in [0.25, 0.3) is 0 Å². The van der Waals surface area contributed by atoms with Crippen LogP contribution in [0.3, 0.4) is 0 Å². The number of nitrogens with two attached hydrogens (primary N) is 1. The van der Waals surface area contributed by atoms with Crippen molar-refractivity contribution in [2.75, 3.05) is 18.9 Å². The molecule has 0 bridgehead atoms. The molecule has 3 aromatic carbocycles. The Morgan fingerprint density at radius 3 is 1.98 bits per heavy atom. The van der Waals surface area contributed by atoms with Crippen molar-refractivity contribution in [3.63, 3.8) is 0 Å². The minimum Gasteiger partial charge on any atom is -0.393 e. The largest absolute Gasteiger partial charge is 0.393 e. The fourth-order valence-corrected chi connectivity index (χ4v) is 5.13. The molecule has 2 heterocycles. The van der Waals surface area contributed by atoms with E-state index >= 15 is 0 Å². The predicted octanol–water partition coefficient (Wildman–Crippen LogP) is 4.27. The highest BCUT2D eigenvalue weighted by Gasteiger charge is 2.52. The highest BCUT2D eigenvalue weighted by molar-refractivity contribution is 5.65. The first kappa shape index (κ1) is 29.4. The van der Waals surface area contributed by atoms with E-state index < -0.39 is 23.9 Å². The molecule has 1 unspecified atom stereocenters. The van der Waals surface area contributed by atoms with Crippen molar-refractivity contribution in [3.8, 4) is 0 Å². The van der Waals surface area contributed by atoms with Gasteiger partial charge in [-0.25, -0.2) is 9.50 Å². The molecule has 42 heavy (non-hydrogen) atoms. The SMILES string of the molecule is CC(O)(c1ccc2c(N)ncnn12)[C@H](OCc1ccccc1)[C@](CO)(COCc1ccccc1)OCc1ccccc1. The summed E-state index contributed by atoms with van der Waals surface area (Å²) in [5, 5.41) is 27.8. The molecule has 0 aliphatic carbocycles. The van der Waals surface area contributed by atoms with Crippen molar-refractivity contribution in [2.45, 2.75) is 44.1 Å². The molecule has 0 spiro atoms. The molecule has 0 aliphatic heterocycles. The second-order valence-electron chi connectivity index (χ2n) is 10.5. The monoisotopic (exact) mass is 568 g/mol. The van der Waals surface area contributed by atoms with Crippen LogP contribution in [-0.2, 0) is 39.6 Å². The summed E-state index contributed by atoms with van der Waals surface area (Å²) in [6.07, 6.45) is 0.208. The van der Waals surface area contributed by atoms with Gasteiger partial charge in [0.05, 0.1) is 38.7 Å². The van der Waals surface area contributed by atoms with E-state index in [1.165, 1.54) is 10.8 Å². The maximum absolute atomic E-state index is 12.4. The Balaban J connectivity index is 1.55. The molecule has 0 saturated carbocycles. The van der Waals surface area contributed by atoms with Crippen molar-refractivity contribution in [3.05, 3.63) is 132 Å². The third-order valence-corrected chi connectivity index (χ3v) is 7.34. The van der Waals surface area contributed by atoms with Gasteiger partial charge in [0.2, 0.25) is 0 Å². The number of anilines is 1. The van der Waals surface area contributed by atoms with Gasteiger partial charge in [-0.05, 0) is 35.7 Å². The van der Waals surface area contributed by atoms with Crippen molar-refractivity contribution in [1.82, 2.24) is 14.6 Å². The Kier molecular flexibility index (Phi) is 9.26. The maximum Gasteiger partial charge on any atom is 0.151 e. The third kappa shape index (κ3) is 6.51. The zero-order valence-corrected chi connectivity index (χ0v) is 23.5. The second-order valence-corrected chi connectivity index (χ2v) is 10.5. The minimum absolute atomic E-state index is 0.0682. The van der Waals surface area contributed by atoms with Crippen LogP contribution in [0.2, 0.25) is 0 Å². The summed E-state index contributed by atoms with van der Waals surface area (Å²) in [7, 11) is 0. The van der Waals surface area contributed by atoms with E-state index in [-0.39, 0.29) is 32.2 Å². The number of hydrogen-bond acceptors (Lipinski definition) is 8. The van der Waals surface area contributed by atoms with Crippen LogP contribution in [0.15, 0.2) is 109 Å². The van der Waals surface area contributed by atoms with Gasteiger partial charge in [0, 0.05) is 0 Å². The number of benzene rings is 3. The van der Waals surface area contributed by atoms with E-state index in [0.29, 0.717) is 11.2 Å². The van der Waals surface area contributed by atoms with Gasteiger partial charge in [0.1, 0.15) is 29.2 Å². The van der Waals surface area contributed by atoms with Crippen LogP contribution in [0.25, 0.3) is 5.52 Å². The third-order valence-electron chi connectivity index (χ3n) is 7.34. The first-order valence-corrected chi connectivity index (χ1v) is 13.8. The lowest BCUT2D eigenvalue weighted by atomic mass is 9.82. The highest BCUT2D eigenvalue weighted by atomic mass is 16.6. The molecule has 0 radical (unpaired) electrons. The van der Waals surface area contributed by atoms with Gasteiger partial charge in [-0.3, -0.25) is 0 Å². The van der Waals surface area contributed by atoms with Gasteiger partial charge in [0.15, 0.2) is 5.82 Å². The van der Waals surface area contributed by atoms with Crippen LogP contribution in [0.5, 0.6) is 0 Å². The van der Waals surface area contributed by atoms with Crippen molar-refractivity contribution in [1.29, 1.82) is 0 Å². The molecule has 9 heteroatoms. The lowest BCUT2D eigenvalue weighted by molar-refractivity contribution is -0.253. The Bertz CT molecular complexity index is 1550. The molecular weight excluding hydrogens is 532 g/mol. The smallest absolute Gasteiger partial charge is 0.151 e. The average molecular weight is 569 g/mol. The number of hydrogen-bond donors (Lipinski definition) is 3. The summed E-state index contributed by atoms with van der Waals surface area (Å²) in [5.74, 6) is 0.272. The van der Waals surface area contributed by atoms with Gasteiger partial charge >= 0.3 is 0 Å². The van der Waals surface area contributed by atoms with Crippen LogP contribution in [0.1, 0.15) is 29.3 Å². The normalized spacial score (nSPS) is 15.2. The predicted molar refractivity (Wildman–Crippen MR) is 159 cm³/mol. The van der Waals surface area contributed by atoms with Crippen LogP contribution in [-0.4, -0.2) is 49.7 Å². The first-order chi connectivity index (χ1) is 20.4. The Hall–Kier alpha value is -4.12. The Morgan fingerprint density at radius 1 is 0.810 bits per heavy atom. The number of fused-ring (bicyclic) bond motifs is 1. The zero-order chi connectivity index (χ0) is 29.4. The van der Waals surface area contributed by atoms with Crippen LogP contribution >= 0.6 is 0 Å². The summed E-state index contributed by atoms with van der Waals surface area (Å²) in [5.41, 5.74) is 6.55. The van der Waals surface area contributed by atoms with E-state index in [1.807, 2.05) is 91.0 Å². The van der Waals surface area contributed by atoms with E-state index in [1.54, 1.807) is 19.1 Å². The molecule has 2 aromatic heterocycles. The molecule has 0 aliphatic rings. The van der Waals surface area contributed by atoms with Crippen LogP contribution < -0.4 is 5.73 Å². The number of nitrogen functional groups attached to an aromatic ring is 1. The van der Waals surface area contributed by atoms with E-state index in [2.05, 4.69) is 10.1 Å². The van der Waals surface area contributed by atoms with Gasteiger partial charge in [-0.1, -0.05) is 91.0 Å². The lowest BCUT2D eigenvalue weighted by Crippen LogP contribution is -2.61. The number of aliphatic hydroxyl groups is 2. The Labute approximate surface area is 245 Å². The fourth-order valence-electron chi connectivity index (χ4n) is 5.13. The Morgan fingerprint density at radius 2 is 1.38 bits per heavy atom. The van der Waals surface area contributed by atoms with E-state index in [4.69, 9.17) is 19.9 Å². The van der Waals surface area contributed by atoms with Crippen molar-refractivity contribution >= 4 is 11.3 Å². The molecule has 4 N–H and O–H groups in total. The minimum atomic E-state index is -1.74. The zero-order valence-electron chi connectivity index (χ0n) is 23.5. The molecule has 5 rings (SSSR count). The summed E-state index contributed by atoms with van der Waals surface area (Å²) < 4.78 is 20.8. The first-order valence-electron chi connectivity index (χ1n) is 13.8. The van der Waals surface area contributed by atoms with Crippen molar-refractivity contribution in [2.24, 2.45) is 0 Å². The van der Waals surface area contributed by atoms with Gasteiger partial charge < -0.3 is 30.2 Å². The van der Waals surface area contributed by atoms with Crippen LogP contribution in [0.4, 0.5) is 5.82 Å². The highest BCUT2D eigenvalue weighted by Crippen LogP contribution is 2.38. The summed E-state index contributed by atoms with van der Waals surface area (Å²) in [6.45, 7) is 1.64. The molecule has 3 atom stereocenters. The second kappa shape index (κ2) is 13.2. The lowest BCUT2D eigenvalue weighted by Gasteiger charge is -2.45. The van der Waals surface area contributed by atoms with Gasteiger partial charge in [-0.2, -0.15) is 5.10 Å². The quantitative estimate of drug-likeness (QED) is 0.181. The molecule has 9 nitrogen and oxygen atoms in total. The van der Waals surface area contributed by atoms with Gasteiger partial charge in [-0.15, -0.1) is 0 Å². The molecule has 218 valence electrons. The van der Waals surface area contributed by atoms with E-state index in [0.717, 1.165) is 16.7 Å². The fraction of sp³-hybridized carbons (Fsp3) is 0.273. The summed E-state index contributed by atoms with van der Waals surface area (Å²) in [4.78, 5) is 4.07. The maximum atomic E-state index is 12.4. The topological polar surface area (TPSA) is 124 Å². The van der Waals surface area contributed by atoms with Crippen molar-refractivity contribution < 1.29 is 24.4 Å². The molecule has 0 saturated heterocycles.